The number of carbonyl (C=O) groups is 1. The Morgan fingerprint density at radius 2 is 2.16 bits per heavy atom. The van der Waals surface area contributed by atoms with Gasteiger partial charge in [0.2, 0.25) is 5.91 Å². The molecule has 108 valence electrons. The molecule has 0 aliphatic carbocycles. The van der Waals surface area contributed by atoms with Crippen LogP contribution in [-0.2, 0) is 22.6 Å². The predicted molar refractivity (Wildman–Crippen MR) is 73.7 cm³/mol. The van der Waals surface area contributed by atoms with Gasteiger partial charge in [-0.1, -0.05) is 0 Å². The van der Waals surface area contributed by atoms with E-state index in [-0.39, 0.29) is 11.9 Å². The topological polar surface area (TPSA) is 50.6 Å². The van der Waals surface area contributed by atoms with Crippen LogP contribution in [0.3, 0.4) is 0 Å². The maximum atomic E-state index is 11.9. The molecule has 0 bridgehead atoms. The number of methoxy groups -OCH3 is 1. The second kappa shape index (κ2) is 7.25. The average Bonchev–Trinajstić information content (AvgIpc) is 2.81. The number of imidazole rings is 1. The third-order valence-corrected chi connectivity index (χ3v) is 3.21. The van der Waals surface area contributed by atoms with Gasteiger partial charge in [-0.05, 0) is 14.0 Å². The first-order valence-corrected chi connectivity index (χ1v) is 6.36. The third kappa shape index (κ3) is 4.33. The van der Waals surface area contributed by atoms with Crippen LogP contribution in [0.4, 0.5) is 0 Å². The van der Waals surface area contributed by atoms with Crippen molar-refractivity contribution in [2.24, 2.45) is 0 Å². The van der Waals surface area contributed by atoms with Crippen molar-refractivity contribution < 1.29 is 9.53 Å². The molecular formula is C13H24N4O2. The van der Waals surface area contributed by atoms with Crippen LogP contribution in [-0.4, -0.2) is 66.2 Å². The van der Waals surface area contributed by atoms with Crippen molar-refractivity contribution in [2.75, 3.05) is 34.9 Å². The molecule has 1 aromatic rings. The second-order valence-corrected chi connectivity index (χ2v) is 4.89. The largest absolute Gasteiger partial charge is 0.383 e. The maximum Gasteiger partial charge on any atom is 0.239 e. The highest BCUT2D eigenvalue weighted by atomic mass is 16.5. The quantitative estimate of drug-likeness (QED) is 0.720. The van der Waals surface area contributed by atoms with E-state index in [4.69, 9.17) is 4.74 Å². The van der Waals surface area contributed by atoms with E-state index in [2.05, 4.69) is 4.98 Å². The second-order valence-electron chi connectivity index (χ2n) is 4.89. The molecule has 1 aromatic heterocycles. The summed E-state index contributed by atoms with van der Waals surface area (Å²) in [5.41, 5.74) is 1.08. The smallest absolute Gasteiger partial charge is 0.239 e. The van der Waals surface area contributed by atoms with E-state index in [1.165, 1.54) is 0 Å². The van der Waals surface area contributed by atoms with Crippen molar-refractivity contribution in [1.29, 1.82) is 0 Å². The van der Waals surface area contributed by atoms with Crippen molar-refractivity contribution in [3.05, 3.63) is 18.2 Å². The van der Waals surface area contributed by atoms with Crippen molar-refractivity contribution in [2.45, 2.75) is 26.1 Å². The highest BCUT2D eigenvalue weighted by molar-refractivity contribution is 5.80. The lowest BCUT2D eigenvalue weighted by Crippen LogP contribution is -2.42. The van der Waals surface area contributed by atoms with Crippen molar-refractivity contribution in [1.82, 2.24) is 19.4 Å². The number of rotatable bonds is 7. The van der Waals surface area contributed by atoms with Crippen LogP contribution < -0.4 is 0 Å². The summed E-state index contributed by atoms with van der Waals surface area (Å²) in [6.07, 6.45) is 3.62. The Morgan fingerprint density at radius 3 is 2.74 bits per heavy atom. The van der Waals surface area contributed by atoms with Crippen LogP contribution in [0.25, 0.3) is 0 Å². The number of ether oxygens (including phenoxy) is 1. The molecule has 1 rings (SSSR count). The number of amides is 1. The van der Waals surface area contributed by atoms with Gasteiger partial charge in [-0.3, -0.25) is 9.69 Å². The highest BCUT2D eigenvalue weighted by Crippen LogP contribution is 2.07. The fraction of sp³-hybridized carbons (Fsp3) is 0.692. The fourth-order valence-corrected chi connectivity index (χ4v) is 1.83. The number of nitrogens with zero attached hydrogens (tertiary/aromatic N) is 4. The molecule has 0 N–H and O–H groups in total. The molecule has 0 saturated carbocycles. The summed E-state index contributed by atoms with van der Waals surface area (Å²) in [7, 11) is 7.17. The van der Waals surface area contributed by atoms with Gasteiger partial charge in [-0.2, -0.15) is 0 Å². The summed E-state index contributed by atoms with van der Waals surface area (Å²) in [5.74, 6) is 0.102. The fourth-order valence-electron chi connectivity index (χ4n) is 1.83. The first-order valence-electron chi connectivity index (χ1n) is 6.36. The molecular weight excluding hydrogens is 244 g/mol. The van der Waals surface area contributed by atoms with Gasteiger partial charge >= 0.3 is 0 Å². The molecule has 0 saturated heterocycles. The number of hydrogen-bond acceptors (Lipinski definition) is 4. The van der Waals surface area contributed by atoms with Crippen molar-refractivity contribution in [3.63, 3.8) is 0 Å². The number of aromatic nitrogens is 2. The van der Waals surface area contributed by atoms with E-state index in [1.54, 1.807) is 32.4 Å². The maximum absolute atomic E-state index is 11.9. The van der Waals surface area contributed by atoms with Gasteiger partial charge < -0.3 is 14.2 Å². The van der Waals surface area contributed by atoms with Crippen LogP contribution in [0.15, 0.2) is 12.5 Å². The zero-order valence-corrected chi connectivity index (χ0v) is 12.5. The summed E-state index contributed by atoms with van der Waals surface area (Å²) >= 11 is 0. The van der Waals surface area contributed by atoms with Gasteiger partial charge in [0.25, 0.3) is 0 Å². The minimum atomic E-state index is -0.152. The summed E-state index contributed by atoms with van der Waals surface area (Å²) in [4.78, 5) is 19.7. The minimum absolute atomic E-state index is 0.102. The summed E-state index contributed by atoms with van der Waals surface area (Å²) in [6, 6.07) is -0.152. The normalized spacial score (nSPS) is 12.7. The molecule has 19 heavy (non-hydrogen) atoms. The molecule has 0 radical (unpaired) electrons. The minimum Gasteiger partial charge on any atom is -0.383 e. The standard InChI is InChI=1S/C13H24N4O2/c1-11(13(18)15(2)3)16(4)9-12-8-14-10-17(12)6-7-19-5/h8,10-11H,6-7,9H2,1-5H3. The van der Waals surface area contributed by atoms with E-state index in [1.807, 2.05) is 29.6 Å². The Bertz CT molecular complexity index is 403. The number of likely N-dealkylation sites (N-methyl/N-ethyl adjacent to an activating group) is 2. The molecule has 0 aromatic carbocycles. The zero-order valence-electron chi connectivity index (χ0n) is 12.5. The summed E-state index contributed by atoms with van der Waals surface area (Å²) in [5, 5.41) is 0. The zero-order chi connectivity index (χ0) is 14.4. The van der Waals surface area contributed by atoms with E-state index >= 15 is 0 Å². The van der Waals surface area contributed by atoms with Gasteiger partial charge in [0.15, 0.2) is 0 Å². The molecule has 1 unspecified atom stereocenters. The molecule has 6 heteroatoms. The van der Waals surface area contributed by atoms with Gasteiger partial charge in [-0.15, -0.1) is 0 Å². The predicted octanol–water partition coefficient (Wildman–Crippen LogP) is 0.438. The molecule has 0 fully saturated rings. The molecule has 0 aliphatic heterocycles. The summed E-state index contributed by atoms with van der Waals surface area (Å²) in [6.45, 7) is 4.03. The van der Waals surface area contributed by atoms with Crippen LogP contribution in [0.2, 0.25) is 0 Å². The molecule has 1 atom stereocenters. The van der Waals surface area contributed by atoms with E-state index in [0.717, 1.165) is 12.2 Å². The Labute approximate surface area is 115 Å². The lowest BCUT2D eigenvalue weighted by Gasteiger charge is -2.26. The Balaban J connectivity index is 2.63. The molecule has 1 amide bonds. The van der Waals surface area contributed by atoms with Gasteiger partial charge in [-0.25, -0.2) is 4.98 Å². The van der Waals surface area contributed by atoms with Crippen LogP contribution >= 0.6 is 0 Å². The molecule has 1 heterocycles. The van der Waals surface area contributed by atoms with Gasteiger partial charge in [0.1, 0.15) is 0 Å². The Hall–Kier alpha value is -1.40. The SMILES string of the molecule is COCCn1cncc1CN(C)C(C)C(=O)N(C)C. The first-order chi connectivity index (χ1) is 8.97. The highest BCUT2D eigenvalue weighted by Gasteiger charge is 2.20. The van der Waals surface area contributed by atoms with E-state index < -0.39 is 0 Å². The molecule has 0 aliphatic rings. The van der Waals surface area contributed by atoms with Crippen molar-refractivity contribution >= 4 is 5.91 Å². The molecule has 6 nitrogen and oxygen atoms in total. The van der Waals surface area contributed by atoms with Crippen molar-refractivity contribution in [3.8, 4) is 0 Å². The Kier molecular flexibility index (Phi) is 5.98. The van der Waals surface area contributed by atoms with E-state index in [0.29, 0.717) is 13.2 Å². The van der Waals surface area contributed by atoms with Crippen LogP contribution in [0, 0.1) is 0 Å². The van der Waals surface area contributed by atoms with E-state index in [9.17, 15) is 4.79 Å². The van der Waals surface area contributed by atoms with Gasteiger partial charge in [0, 0.05) is 40.5 Å². The van der Waals surface area contributed by atoms with Crippen LogP contribution in [0.5, 0.6) is 0 Å². The average molecular weight is 268 g/mol. The number of carbonyl (C=O) groups excluding carboxylic acids is 1. The monoisotopic (exact) mass is 268 g/mol. The summed E-state index contributed by atoms with van der Waals surface area (Å²) < 4.78 is 7.12. The first kappa shape index (κ1) is 15.7. The lowest BCUT2D eigenvalue weighted by molar-refractivity contribution is -0.133. The molecule has 0 spiro atoms. The Morgan fingerprint density at radius 1 is 1.47 bits per heavy atom. The lowest BCUT2D eigenvalue weighted by atomic mass is 10.2. The van der Waals surface area contributed by atoms with Crippen LogP contribution in [0.1, 0.15) is 12.6 Å². The number of hydrogen-bond donors (Lipinski definition) is 0. The van der Waals surface area contributed by atoms with Gasteiger partial charge in [0.05, 0.1) is 24.7 Å². The third-order valence-electron chi connectivity index (χ3n) is 3.21.